The number of aliphatic hydroxyl groups is 1. The summed E-state index contributed by atoms with van der Waals surface area (Å²) in [6.45, 7) is 2.53. The van der Waals surface area contributed by atoms with Crippen molar-refractivity contribution in [2.45, 2.75) is 50.4 Å². The molecule has 0 aromatic carbocycles. The molecule has 3 aromatic rings. The summed E-state index contributed by atoms with van der Waals surface area (Å²) >= 11 is 0. The van der Waals surface area contributed by atoms with Crippen LogP contribution >= 0.6 is 12.4 Å². The Morgan fingerprint density at radius 1 is 1.26 bits per heavy atom. The van der Waals surface area contributed by atoms with Crippen molar-refractivity contribution in [3.05, 3.63) is 57.5 Å². The summed E-state index contributed by atoms with van der Waals surface area (Å²) in [6, 6.07) is 4.85. The zero-order valence-electron chi connectivity index (χ0n) is 19.2. The molecule has 0 spiro atoms. The van der Waals surface area contributed by atoms with Crippen molar-refractivity contribution in [2.24, 2.45) is 0 Å². The summed E-state index contributed by atoms with van der Waals surface area (Å²) in [5, 5.41) is 22.9. The molecule has 0 bridgehead atoms. The molecule has 6 rings (SSSR count). The molecule has 0 amide bonds. The molecule has 0 saturated carbocycles. The monoisotopic (exact) mass is 502 g/mol. The van der Waals surface area contributed by atoms with Gasteiger partial charge in [0.15, 0.2) is 11.6 Å². The highest BCUT2D eigenvalue weighted by Crippen LogP contribution is 2.32. The highest BCUT2D eigenvalue weighted by Gasteiger charge is 2.32. The molecule has 3 aromatic heterocycles. The van der Waals surface area contributed by atoms with Gasteiger partial charge in [-0.15, -0.1) is 12.4 Å². The van der Waals surface area contributed by atoms with Crippen LogP contribution < -0.4 is 15.6 Å². The molecule has 1 saturated heterocycles. The van der Waals surface area contributed by atoms with Gasteiger partial charge in [0.25, 0.3) is 5.56 Å². The number of pyridine rings is 2. The molecule has 11 heteroatoms. The Hall–Kier alpha value is -2.66. The van der Waals surface area contributed by atoms with Crippen LogP contribution in [0.15, 0.2) is 29.2 Å². The first-order valence-electron chi connectivity index (χ1n) is 11.9. The molecular formula is C24H28ClFN6O3. The number of likely N-dealkylation sites (tertiary alicyclic amines) is 1. The number of aryl methyl sites for hydroxylation is 2. The van der Waals surface area contributed by atoms with E-state index >= 15 is 0 Å². The summed E-state index contributed by atoms with van der Waals surface area (Å²) in [5.41, 5.74) is 4.02. The van der Waals surface area contributed by atoms with Crippen molar-refractivity contribution in [3.63, 3.8) is 0 Å². The Morgan fingerprint density at radius 3 is 3.00 bits per heavy atom. The van der Waals surface area contributed by atoms with Crippen LogP contribution in [0.5, 0.6) is 5.75 Å². The topological polar surface area (TPSA) is 105 Å². The lowest BCUT2D eigenvalue weighted by atomic mass is 10.0. The van der Waals surface area contributed by atoms with Gasteiger partial charge < -0.3 is 15.2 Å². The van der Waals surface area contributed by atoms with Crippen LogP contribution in [0.1, 0.15) is 35.8 Å². The SMILES string of the molecule is Cl.O=c1ccc2ncc(F)c3c2n1[C@H](CN1CC[C@H](NCc2cc4c(nn2)CCC4)[C@H](O)C1)CO3. The predicted octanol–water partition coefficient (Wildman–Crippen LogP) is 1.39. The maximum absolute atomic E-state index is 14.2. The number of rotatable bonds is 5. The first-order chi connectivity index (χ1) is 16.6. The number of piperidine rings is 1. The second-order valence-corrected chi connectivity index (χ2v) is 9.44. The number of hydrogen-bond donors (Lipinski definition) is 2. The van der Waals surface area contributed by atoms with Gasteiger partial charge >= 0.3 is 0 Å². The summed E-state index contributed by atoms with van der Waals surface area (Å²) < 4.78 is 21.5. The van der Waals surface area contributed by atoms with E-state index in [9.17, 15) is 14.3 Å². The third-order valence-electron chi connectivity index (χ3n) is 7.19. The third kappa shape index (κ3) is 4.51. The van der Waals surface area contributed by atoms with Gasteiger partial charge in [0.05, 0.1) is 35.2 Å². The lowest BCUT2D eigenvalue weighted by molar-refractivity contribution is 0.0294. The highest BCUT2D eigenvalue weighted by atomic mass is 35.5. The van der Waals surface area contributed by atoms with Gasteiger partial charge in [-0.25, -0.2) is 4.39 Å². The van der Waals surface area contributed by atoms with Crippen LogP contribution in [0.2, 0.25) is 0 Å². The van der Waals surface area contributed by atoms with Crippen molar-refractivity contribution in [2.75, 3.05) is 26.2 Å². The molecule has 0 radical (unpaired) electrons. The van der Waals surface area contributed by atoms with E-state index in [1.54, 1.807) is 10.6 Å². The van der Waals surface area contributed by atoms with Crippen LogP contribution in [0.4, 0.5) is 4.39 Å². The van der Waals surface area contributed by atoms with Crippen LogP contribution in [0.25, 0.3) is 11.0 Å². The van der Waals surface area contributed by atoms with Gasteiger partial charge in [0.1, 0.15) is 12.1 Å². The van der Waals surface area contributed by atoms with Crippen LogP contribution in [0.3, 0.4) is 0 Å². The molecular weight excluding hydrogens is 475 g/mol. The van der Waals surface area contributed by atoms with Gasteiger partial charge in [-0.05, 0) is 49.9 Å². The summed E-state index contributed by atoms with van der Waals surface area (Å²) in [6.07, 6.45) is 4.54. The normalized spacial score (nSPS) is 23.5. The summed E-state index contributed by atoms with van der Waals surface area (Å²) in [4.78, 5) is 18.9. The van der Waals surface area contributed by atoms with Crippen molar-refractivity contribution in [1.29, 1.82) is 0 Å². The Morgan fingerprint density at radius 2 is 2.14 bits per heavy atom. The number of aliphatic hydroxyl groups excluding tert-OH is 1. The van der Waals surface area contributed by atoms with Gasteiger partial charge in [-0.3, -0.25) is 19.2 Å². The number of fused-ring (bicyclic) bond motifs is 1. The zero-order chi connectivity index (χ0) is 23.2. The van der Waals surface area contributed by atoms with E-state index in [-0.39, 0.29) is 42.4 Å². The van der Waals surface area contributed by atoms with Gasteiger partial charge in [-0.1, -0.05) is 0 Å². The lowest BCUT2D eigenvalue weighted by Crippen LogP contribution is -2.54. The molecule has 2 N–H and O–H groups in total. The van der Waals surface area contributed by atoms with Crippen molar-refractivity contribution in [3.8, 4) is 5.75 Å². The Labute approximate surface area is 207 Å². The van der Waals surface area contributed by atoms with E-state index in [2.05, 4.69) is 31.5 Å². The number of nitrogens with zero attached hydrogens (tertiary/aromatic N) is 5. The van der Waals surface area contributed by atoms with Crippen LogP contribution in [-0.4, -0.2) is 68.1 Å². The van der Waals surface area contributed by atoms with E-state index in [1.807, 2.05) is 0 Å². The molecule has 35 heavy (non-hydrogen) atoms. The molecule has 3 aliphatic rings. The minimum absolute atomic E-state index is 0. The van der Waals surface area contributed by atoms with Gasteiger partial charge in [-0.2, -0.15) is 10.2 Å². The third-order valence-corrected chi connectivity index (χ3v) is 7.19. The quantitative estimate of drug-likeness (QED) is 0.539. The standard InChI is InChI=1S/C24H27FN6O3.ClH/c25-17-10-27-20-4-5-22(33)31-16(13-34-24(17)23(20)31)11-30-7-6-19(21(32)12-30)26-9-15-8-14-2-1-3-18(14)29-28-15;/h4-5,8,10,16,19,21,26,32H,1-3,6-7,9,11-13H2;1H/t16-,19+,21-;/m1./s1. The van der Waals surface area contributed by atoms with Crippen molar-refractivity contribution < 1.29 is 14.2 Å². The first-order valence-corrected chi connectivity index (χ1v) is 11.9. The fourth-order valence-corrected chi connectivity index (χ4v) is 5.46. The van der Waals surface area contributed by atoms with Crippen LogP contribution in [0, 0.1) is 5.82 Å². The van der Waals surface area contributed by atoms with E-state index < -0.39 is 11.9 Å². The molecule has 1 fully saturated rings. The maximum atomic E-state index is 14.2. The molecule has 9 nitrogen and oxygen atoms in total. The van der Waals surface area contributed by atoms with Crippen LogP contribution in [-0.2, 0) is 19.4 Å². The minimum Gasteiger partial charge on any atom is -0.486 e. The fraction of sp³-hybridized carbons (Fsp3) is 0.500. The fourth-order valence-electron chi connectivity index (χ4n) is 5.46. The van der Waals surface area contributed by atoms with E-state index in [1.165, 1.54) is 11.6 Å². The first kappa shape index (κ1) is 24.1. The Balaban J connectivity index is 0.00000253. The van der Waals surface area contributed by atoms with Gasteiger partial charge in [0, 0.05) is 31.7 Å². The molecule has 0 unspecified atom stereocenters. The Kier molecular flexibility index (Phi) is 6.71. The average molecular weight is 503 g/mol. The van der Waals surface area contributed by atoms with Crippen molar-refractivity contribution in [1.82, 2.24) is 30.0 Å². The number of nitrogens with one attached hydrogen (secondary N) is 1. The second kappa shape index (κ2) is 9.77. The van der Waals surface area contributed by atoms with E-state index in [0.717, 1.165) is 49.8 Å². The van der Waals surface area contributed by atoms with E-state index in [0.29, 0.717) is 30.7 Å². The van der Waals surface area contributed by atoms with E-state index in [4.69, 9.17) is 4.74 Å². The smallest absolute Gasteiger partial charge is 0.251 e. The predicted molar refractivity (Wildman–Crippen MR) is 129 cm³/mol. The lowest BCUT2D eigenvalue weighted by Gasteiger charge is -2.39. The molecule has 1 aliphatic carbocycles. The zero-order valence-corrected chi connectivity index (χ0v) is 20.0. The number of aromatic nitrogens is 4. The number of ether oxygens (including phenoxy) is 1. The number of halogens is 2. The minimum atomic E-state index is -0.569. The number of β-amino-alcohol motifs (C(OH)–C–C–N with tert-alkyl or cyclic N) is 1. The molecule has 186 valence electrons. The number of hydrogen-bond acceptors (Lipinski definition) is 8. The Bertz CT molecular complexity index is 1300. The largest absolute Gasteiger partial charge is 0.486 e. The summed E-state index contributed by atoms with van der Waals surface area (Å²) in [5.74, 6) is -0.489. The second-order valence-electron chi connectivity index (χ2n) is 9.44. The highest BCUT2D eigenvalue weighted by molar-refractivity contribution is 5.85. The van der Waals surface area contributed by atoms with Crippen molar-refractivity contribution >= 4 is 23.4 Å². The molecule has 3 atom stereocenters. The molecule has 5 heterocycles. The summed E-state index contributed by atoms with van der Waals surface area (Å²) in [7, 11) is 0. The molecule has 2 aliphatic heterocycles. The average Bonchev–Trinajstić information content (AvgIpc) is 3.31. The maximum Gasteiger partial charge on any atom is 0.251 e. The van der Waals surface area contributed by atoms with Gasteiger partial charge in [0.2, 0.25) is 0 Å².